The van der Waals surface area contributed by atoms with E-state index in [2.05, 4.69) is 57.3 Å². The second-order valence-corrected chi connectivity index (χ2v) is 5.49. The molecule has 17 heavy (non-hydrogen) atoms. The Morgan fingerprint density at radius 2 is 2.00 bits per heavy atom. The third-order valence-electron chi connectivity index (χ3n) is 3.06. The van der Waals surface area contributed by atoms with Gasteiger partial charge in [-0.1, -0.05) is 26.0 Å². The van der Waals surface area contributed by atoms with Gasteiger partial charge in [0.2, 0.25) is 0 Å². The van der Waals surface area contributed by atoms with E-state index in [1.165, 1.54) is 16.8 Å². The van der Waals surface area contributed by atoms with Crippen LogP contribution in [0.2, 0.25) is 0 Å². The number of hydrogen-bond donors (Lipinski definition) is 1. The highest BCUT2D eigenvalue weighted by molar-refractivity contribution is 5.52. The molecule has 0 bridgehead atoms. The minimum Gasteiger partial charge on any atom is -0.384 e. The molecule has 0 spiro atoms. The van der Waals surface area contributed by atoms with Gasteiger partial charge in [-0.05, 0) is 42.9 Å². The summed E-state index contributed by atoms with van der Waals surface area (Å²) in [6, 6.07) is 8.66. The molecule has 2 heteroatoms. The fourth-order valence-electron chi connectivity index (χ4n) is 1.74. The zero-order chi connectivity index (χ0) is 12.9. The molecule has 0 radical (unpaired) electrons. The molecule has 0 aliphatic carbocycles. The summed E-state index contributed by atoms with van der Waals surface area (Å²) in [6.45, 7) is 9.51. The molecule has 1 aromatic carbocycles. The molecule has 92 valence electrons. The molecule has 0 unspecified atom stereocenters. The molecule has 1 N–H and O–H groups in total. The van der Waals surface area contributed by atoms with E-state index in [0.717, 1.165) is 13.0 Å². The van der Waals surface area contributed by atoms with Crippen LogP contribution in [0.4, 0.5) is 5.69 Å². The summed E-state index contributed by atoms with van der Waals surface area (Å²) < 4.78 is 0. The van der Waals surface area contributed by atoms with Crippen LogP contribution in [0.3, 0.4) is 0 Å². The standard InChI is InChI=1S/C15H22N2/c1-12-6-7-13(2)14(10-12)17-11-15(3,4)8-5-9-16/h6-7,10,17H,5,8,11H2,1-4H3. The second kappa shape index (κ2) is 5.72. The Balaban J connectivity index is 2.61. The van der Waals surface area contributed by atoms with Gasteiger partial charge in [-0.25, -0.2) is 0 Å². The predicted molar refractivity (Wildman–Crippen MR) is 73.0 cm³/mol. The highest BCUT2D eigenvalue weighted by Crippen LogP contribution is 2.24. The third-order valence-corrected chi connectivity index (χ3v) is 3.06. The van der Waals surface area contributed by atoms with E-state index in [4.69, 9.17) is 5.26 Å². The van der Waals surface area contributed by atoms with Gasteiger partial charge in [0.05, 0.1) is 6.07 Å². The fraction of sp³-hybridized carbons (Fsp3) is 0.533. The number of nitrogens with zero attached hydrogens (tertiary/aromatic N) is 1. The molecule has 0 aliphatic rings. The normalized spacial score (nSPS) is 11.0. The lowest BCUT2D eigenvalue weighted by atomic mass is 9.88. The first-order chi connectivity index (χ1) is 7.94. The summed E-state index contributed by atoms with van der Waals surface area (Å²) in [7, 11) is 0. The Morgan fingerprint density at radius 3 is 2.65 bits per heavy atom. The van der Waals surface area contributed by atoms with Crippen LogP contribution in [0.1, 0.15) is 37.8 Å². The van der Waals surface area contributed by atoms with Crippen LogP contribution in [-0.2, 0) is 0 Å². The SMILES string of the molecule is Cc1ccc(C)c(NCC(C)(C)CCC#N)c1. The van der Waals surface area contributed by atoms with Crippen molar-refractivity contribution in [1.29, 1.82) is 5.26 Å². The lowest BCUT2D eigenvalue weighted by Crippen LogP contribution is -2.23. The Kier molecular flexibility index (Phi) is 4.57. The molecule has 2 nitrogen and oxygen atoms in total. The minimum atomic E-state index is 0.159. The smallest absolute Gasteiger partial charge is 0.0621 e. The van der Waals surface area contributed by atoms with Crippen molar-refractivity contribution in [2.24, 2.45) is 5.41 Å². The van der Waals surface area contributed by atoms with Gasteiger partial charge in [-0.3, -0.25) is 0 Å². The maximum Gasteiger partial charge on any atom is 0.0621 e. The molecule has 0 amide bonds. The van der Waals surface area contributed by atoms with Gasteiger partial charge in [0, 0.05) is 18.7 Å². The van der Waals surface area contributed by atoms with Gasteiger partial charge in [0.25, 0.3) is 0 Å². The highest BCUT2D eigenvalue weighted by atomic mass is 14.9. The van der Waals surface area contributed by atoms with E-state index < -0.39 is 0 Å². The van der Waals surface area contributed by atoms with Crippen molar-refractivity contribution in [3.8, 4) is 6.07 Å². The van der Waals surface area contributed by atoms with Crippen LogP contribution in [-0.4, -0.2) is 6.54 Å². The number of nitriles is 1. The van der Waals surface area contributed by atoms with E-state index >= 15 is 0 Å². The maximum absolute atomic E-state index is 8.62. The number of rotatable bonds is 5. The molecule has 1 aromatic rings. The number of nitrogens with one attached hydrogen (secondary N) is 1. The first-order valence-electron chi connectivity index (χ1n) is 6.13. The number of hydrogen-bond acceptors (Lipinski definition) is 2. The first kappa shape index (κ1) is 13.6. The molecular weight excluding hydrogens is 208 g/mol. The number of benzene rings is 1. The summed E-state index contributed by atoms with van der Waals surface area (Å²) in [6.07, 6.45) is 1.56. The van der Waals surface area contributed by atoms with Crippen LogP contribution in [0, 0.1) is 30.6 Å². The molecular formula is C15H22N2. The second-order valence-electron chi connectivity index (χ2n) is 5.49. The van der Waals surface area contributed by atoms with Gasteiger partial charge >= 0.3 is 0 Å². The van der Waals surface area contributed by atoms with E-state index in [1.807, 2.05) is 0 Å². The highest BCUT2D eigenvalue weighted by Gasteiger charge is 2.17. The van der Waals surface area contributed by atoms with Crippen LogP contribution in [0.25, 0.3) is 0 Å². The first-order valence-corrected chi connectivity index (χ1v) is 6.13. The van der Waals surface area contributed by atoms with Gasteiger partial charge in [-0.15, -0.1) is 0 Å². The van der Waals surface area contributed by atoms with Crippen molar-refractivity contribution >= 4 is 5.69 Å². The molecule has 1 rings (SSSR count). The van der Waals surface area contributed by atoms with Gasteiger partial charge < -0.3 is 5.32 Å². The van der Waals surface area contributed by atoms with Crippen molar-refractivity contribution in [2.45, 2.75) is 40.5 Å². The summed E-state index contributed by atoms with van der Waals surface area (Å²) in [5.74, 6) is 0. The van der Waals surface area contributed by atoms with Crippen molar-refractivity contribution in [3.05, 3.63) is 29.3 Å². The van der Waals surface area contributed by atoms with Crippen LogP contribution < -0.4 is 5.32 Å². The third kappa shape index (κ3) is 4.48. The maximum atomic E-state index is 8.62. The Bertz CT molecular complexity index is 413. The zero-order valence-electron chi connectivity index (χ0n) is 11.3. The van der Waals surface area contributed by atoms with Crippen LogP contribution in [0.5, 0.6) is 0 Å². The largest absolute Gasteiger partial charge is 0.384 e. The minimum absolute atomic E-state index is 0.159. The Morgan fingerprint density at radius 1 is 1.29 bits per heavy atom. The van der Waals surface area contributed by atoms with Crippen LogP contribution in [0.15, 0.2) is 18.2 Å². The molecule has 0 heterocycles. The number of anilines is 1. The van der Waals surface area contributed by atoms with Crippen LogP contribution >= 0.6 is 0 Å². The zero-order valence-corrected chi connectivity index (χ0v) is 11.3. The van der Waals surface area contributed by atoms with E-state index in [1.54, 1.807) is 0 Å². The molecule has 0 saturated heterocycles. The van der Waals surface area contributed by atoms with Gasteiger partial charge in [0.15, 0.2) is 0 Å². The monoisotopic (exact) mass is 230 g/mol. The molecule has 0 atom stereocenters. The van der Waals surface area contributed by atoms with E-state index in [-0.39, 0.29) is 5.41 Å². The Hall–Kier alpha value is -1.49. The molecule has 0 aliphatic heterocycles. The summed E-state index contributed by atoms with van der Waals surface area (Å²) >= 11 is 0. The summed E-state index contributed by atoms with van der Waals surface area (Å²) in [4.78, 5) is 0. The van der Waals surface area contributed by atoms with E-state index in [9.17, 15) is 0 Å². The average Bonchev–Trinajstić information content (AvgIpc) is 2.28. The Labute approximate surface area is 105 Å². The number of aryl methyl sites for hydroxylation is 2. The van der Waals surface area contributed by atoms with Gasteiger partial charge in [0.1, 0.15) is 0 Å². The van der Waals surface area contributed by atoms with Crippen molar-refractivity contribution in [3.63, 3.8) is 0 Å². The van der Waals surface area contributed by atoms with Crippen molar-refractivity contribution in [1.82, 2.24) is 0 Å². The van der Waals surface area contributed by atoms with Crippen molar-refractivity contribution in [2.75, 3.05) is 11.9 Å². The van der Waals surface area contributed by atoms with E-state index in [0.29, 0.717) is 6.42 Å². The summed E-state index contributed by atoms with van der Waals surface area (Å²) in [5.41, 5.74) is 3.90. The predicted octanol–water partition coefficient (Wildman–Crippen LogP) is 4.05. The summed E-state index contributed by atoms with van der Waals surface area (Å²) in [5, 5.41) is 12.1. The lowest BCUT2D eigenvalue weighted by Gasteiger charge is -2.25. The topological polar surface area (TPSA) is 35.8 Å². The molecule has 0 fully saturated rings. The lowest BCUT2D eigenvalue weighted by molar-refractivity contribution is 0.364. The molecule has 0 saturated carbocycles. The van der Waals surface area contributed by atoms with Gasteiger partial charge in [-0.2, -0.15) is 5.26 Å². The quantitative estimate of drug-likeness (QED) is 0.828. The molecule has 0 aromatic heterocycles. The average molecular weight is 230 g/mol. The van der Waals surface area contributed by atoms with Crippen molar-refractivity contribution < 1.29 is 0 Å². The fourth-order valence-corrected chi connectivity index (χ4v) is 1.74.